The summed E-state index contributed by atoms with van der Waals surface area (Å²) in [7, 11) is -3.60. The number of nitrogens with one attached hydrogen (secondary N) is 1. The highest BCUT2D eigenvalue weighted by Crippen LogP contribution is 2.37. The first-order valence-electron chi connectivity index (χ1n) is 8.87. The van der Waals surface area contributed by atoms with Crippen molar-refractivity contribution < 1.29 is 17.9 Å². The summed E-state index contributed by atoms with van der Waals surface area (Å²) in [4.78, 5) is 12.8. The van der Waals surface area contributed by atoms with Crippen molar-refractivity contribution in [3.63, 3.8) is 0 Å². The Hall–Kier alpha value is -2.25. The first-order valence-corrected chi connectivity index (χ1v) is 11.1. The third-order valence-corrected chi connectivity index (χ3v) is 6.12. The van der Waals surface area contributed by atoms with E-state index < -0.39 is 16.1 Å². The van der Waals surface area contributed by atoms with Crippen LogP contribution in [0, 0.1) is 13.8 Å². The second kappa shape index (κ2) is 7.64. The highest BCUT2D eigenvalue weighted by molar-refractivity contribution is 7.92. The summed E-state index contributed by atoms with van der Waals surface area (Å²) in [5.41, 5.74) is 3.52. The lowest BCUT2D eigenvalue weighted by atomic mass is 10.00. The van der Waals surface area contributed by atoms with E-state index in [-0.39, 0.29) is 18.5 Å². The number of nitrogens with zero attached hydrogens (tertiary/aromatic N) is 1. The van der Waals surface area contributed by atoms with Crippen molar-refractivity contribution in [2.24, 2.45) is 0 Å². The van der Waals surface area contributed by atoms with E-state index in [1.165, 1.54) is 6.07 Å². The van der Waals surface area contributed by atoms with E-state index in [2.05, 4.69) is 5.32 Å². The number of benzene rings is 2. The first-order chi connectivity index (χ1) is 13.1. The minimum absolute atomic E-state index is 0.114. The molecular weight excluding hydrogens is 400 g/mol. The Bertz CT molecular complexity index is 1020. The van der Waals surface area contributed by atoms with Crippen molar-refractivity contribution in [1.29, 1.82) is 0 Å². The van der Waals surface area contributed by atoms with E-state index in [0.29, 0.717) is 16.5 Å². The molecule has 1 aliphatic heterocycles. The lowest BCUT2D eigenvalue weighted by molar-refractivity contribution is -0.128. The Labute approximate surface area is 170 Å². The van der Waals surface area contributed by atoms with Gasteiger partial charge in [-0.05, 0) is 50.1 Å². The van der Waals surface area contributed by atoms with Crippen LogP contribution in [0.4, 0.5) is 5.69 Å². The lowest BCUT2D eigenvalue weighted by Gasteiger charge is -2.34. The van der Waals surface area contributed by atoms with Gasteiger partial charge in [0.15, 0.2) is 6.10 Å². The van der Waals surface area contributed by atoms with Crippen molar-refractivity contribution in [3.05, 3.63) is 58.1 Å². The largest absolute Gasteiger partial charge is 0.476 e. The molecule has 0 bridgehead atoms. The third-order valence-electron chi connectivity index (χ3n) is 4.74. The van der Waals surface area contributed by atoms with Crippen LogP contribution in [0.1, 0.15) is 29.7 Å². The molecule has 2 atom stereocenters. The number of halogens is 1. The predicted octanol–water partition coefficient (Wildman–Crippen LogP) is 3.36. The number of anilines is 1. The van der Waals surface area contributed by atoms with Gasteiger partial charge in [-0.1, -0.05) is 35.4 Å². The molecule has 28 heavy (non-hydrogen) atoms. The van der Waals surface area contributed by atoms with Gasteiger partial charge in [0.1, 0.15) is 5.75 Å². The van der Waals surface area contributed by atoms with Crippen LogP contribution in [0.25, 0.3) is 0 Å². The Balaban J connectivity index is 1.84. The molecule has 2 aromatic carbocycles. The van der Waals surface area contributed by atoms with Crippen molar-refractivity contribution in [3.8, 4) is 5.75 Å². The first kappa shape index (κ1) is 20.5. The fourth-order valence-corrected chi connectivity index (χ4v) is 4.36. The number of fused-ring (bicyclic) bond motifs is 1. The number of aryl methyl sites for hydroxylation is 2. The Morgan fingerprint density at radius 2 is 1.96 bits per heavy atom. The number of rotatable bonds is 4. The monoisotopic (exact) mass is 422 g/mol. The zero-order chi connectivity index (χ0) is 20.6. The minimum Gasteiger partial charge on any atom is -0.476 e. The summed E-state index contributed by atoms with van der Waals surface area (Å²) < 4.78 is 31.4. The molecular formula is C20H23ClN2O4S. The molecule has 1 amide bonds. The quantitative estimate of drug-likeness (QED) is 0.819. The Kier molecular flexibility index (Phi) is 5.59. The van der Waals surface area contributed by atoms with Gasteiger partial charge in [0.05, 0.1) is 24.5 Å². The smallest absolute Gasteiger partial charge is 0.263 e. The second-order valence-electron chi connectivity index (χ2n) is 7.10. The summed E-state index contributed by atoms with van der Waals surface area (Å²) in [6.07, 6.45) is 0.132. The predicted molar refractivity (Wildman–Crippen MR) is 111 cm³/mol. The SMILES string of the molecule is Cc1ccc(C)c([C@@H](C)NC(=O)[C@@H]2CN(S(C)(=O)=O)c3cc(Cl)ccc3O2)c1. The van der Waals surface area contributed by atoms with E-state index in [4.69, 9.17) is 16.3 Å². The van der Waals surface area contributed by atoms with Crippen LogP contribution < -0.4 is 14.4 Å². The van der Waals surface area contributed by atoms with Gasteiger partial charge in [-0.3, -0.25) is 9.10 Å². The van der Waals surface area contributed by atoms with Gasteiger partial charge in [0.2, 0.25) is 10.0 Å². The summed E-state index contributed by atoms with van der Waals surface area (Å²) in [5, 5.41) is 3.33. The molecule has 1 N–H and O–H groups in total. The molecule has 0 saturated heterocycles. The van der Waals surface area contributed by atoms with Crippen molar-refractivity contribution in [1.82, 2.24) is 5.32 Å². The van der Waals surface area contributed by atoms with E-state index in [1.807, 2.05) is 39.0 Å². The molecule has 0 saturated carbocycles. The van der Waals surface area contributed by atoms with E-state index in [0.717, 1.165) is 27.3 Å². The van der Waals surface area contributed by atoms with Gasteiger partial charge in [-0.2, -0.15) is 0 Å². The minimum atomic E-state index is -3.60. The maximum atomic E-state index is 12.8. The Morgan fingerprint density at radius 3 is 2.64 bits per heavy atom. The van der Waals surface area contributed by atoms with Crippen LogP contribution in [0.2, 0.25) is 5.02 Å². The summed E-state index contributed by atoms with van der Waals surface area (Å²) in [6.45, 7) is 5.76. The third kappa shape index (κ3) is 4.25. The highest BCUT2D eigenvalue weighted by Gasteiger charge is 2.35. The van der Waals surface area contributed by atoms with E-state index in [1.54, 1.807) is 12.1 Å². The lowest BCUT2D eigenvalue weighted by Crippen LogP contribution is -2.50. The van der Waals surface area contributed by atoms with Gasteiger partial charge >= 0.3 is 0 Å². The number of sulfonamides is 1. The average Bonchev–Trinajstić information content (AvgIpc) is 2.61. The molecule has 2 aromatic rings. The van der Waals surface area contributed by atoms with Crippen LogP contribution in [-0.2, 0) is 14.8 Å². The fraction of sp³-hybridized carbons (Fsp3) is 0.350. The van der Waals surface area contributed by atoms with Gasteiger partial charge in [-0.25, -0.2) is 8.42 Å². The zero-order valence-electron chi connectivity index (χ0n) is 16.2. The van der Waals surface area contributed by atoms with Gasteiger partial charge in [0.25, 0.3) is 5.91 Å². The van der Waals surface area contributed by atoms with Gasteiger partial charge in [0, 0.05) is 5.02 Å². The van der Waals surface area contributed by atoms with Crippen LogP contribution in [0.3, 0.4) is 0 Å². The zero-order valence-corrected chi connectivity index (χ0v) is 17.8. The standard InChI is InChI=1S/C20H23ClN2O4S/c1-12-5-6-13(2)16(9-12)14(3)22-20(24)19-11-23(28(4,25)26)17-10-15(21)7-8-18(17)27-19/h5-10,14,19H,11H2,1-4H3,(H,22,24)/t14-,19+/m1/s1. The number of carbonyl (C=O) groups excluding carboxylic acids is 1. The maximum absolute atomic E-state index is 12.8. The number of hydrogen-bond donors (Lipinski definition) is 1. The molecule has 0 unspecified atom stereocenters. The highest BCUT2D eigenvalue weighted by atomic mass is 35.5. The maximum Gasteiger partial charge on any atom is 0.263 e. The number of carbonyl (C=O) groups is 1. The fourth-order valence-electron chi connectivity index (χ4n) is 3.29. The van der Waals surface area contributed by atoms with Crippen molar-refractivity contribution in [2.45, 2.75) is 32.9 Å². The normalized spacial score (nSPS) is 17.5. The molecule has 0 radical (unpaired) electrons. The van der Waals surface area contributed by atoms with Crippen LogP contribution in [0.5, 0.6) is 5.75 Å². The molecule has 8 heteroatoms. The molecule has 0 spiro atoms. The van der Waals surface area contributed by atoms with E-state index >= 15 is 0 Å². The Morgan fingerprint density at radius 1 is 1.25 bits per heavy atom. The molecule has 150 valence electrons. The van der Waals surface area contributed by atoms with Crippen molar-refractivity contribution >= 4 is 33.2 Å². The van der Waals surface area contributed by atoms with Gasteiger partial charge in [-0.15, -0.1) is 0 Å². The topological polar surface area (TPSA) is 75.7 Å². The van der Waals surface area contributed by atoms with Crippen LogP contribution >= 0.6 is 11.6 Å². The summed E-state index contributed by atoms with van der Waals surface area (Å²) >= 11 is 6.00. The van der Waals surface area contributed by atoms with Crippen molar-refractivity contribution in [2.75, 3.05) is 17.1 Å². The molecule has 1 aliphatic rings. The van der Waals surface area contributed by atoms with Gasteiger partial charge < -0.3 is 10.1 Å². The second-order valence-corrected chi connectivity index (χ2v) is 9.45. The molecule has 0 fully saturated rings. The summed E-state index contributed by atoms with van der Waals surface area (Å²) in [6, 6.07) is 10.5. The molecule has 1 heterocycles. The molecule has 0 aliphatic carbocycles. The molecule has 6 nitrogen and oxygen atoms in total. The average molecular weight is 423 g/mol. The number of ether oxygens (including phenoxy) is 1. The summed E-state index contributed by atoms with van der Waals surface area (Å²) in [5.74, 6) is -0.0664. The van der Waals surface area contributed by atoms with Crippen LogP contribution in [0.15, 0.2) is 36.4 Å². The molecule has 0 aromatic heterocycles. The van der Waals surface area contributed by atoms with Crippen LogP contribution in [-0.4, -0.2) is 33.2 Å². The number of amides is 1. The molecule has 3 rings (SSSR count). The van der Waals surface area contributed by atoms with E-state index in [9.17, 15) is 13.2 Å². The number of hydrogen-bond acceptors (Lipinski definition) is 4.